The van der Waals surface area contributed by atoms with Gasteiger partial charge in [0, 0.05) is 45.6 Å². The Morgan fingerprint density at radius 3 is 2.76 bits per heavy atom. The van der Waals surface area contributed by atoms with Gasteiger partial charge in [-0.3, -0.25) is 4.79 Å². The zero-order chi connectivity index (χ0) is 23.3. The molecule has 0 fully saturated rings. The van der Waals surface area contributed by atoms with Crippen LogP contribution in [0.1, 0.15) is 47.4 Å². The predicted octanol–water partition coefficient (Wildman–Crippen LogP) is 5.06. The molecule has 3 heterocycles. The van der Waals surface area contributed by atoms with Crippen molar-refractivity contribution in [2.24, 2.45) is 0 Å². The van der Waals surface area contributed by atoms with E-state index in [0.29, 0.717) is 41.7 Å². The van der Waals surface area contributed by atoms with Gasteiger partial charge in [-0.1, -0.05) is 24.3 Å². The maximum atomic E-state index is 13.3. The van der Waals surface area contributed by atoms with Crippen molar-refractivity contribution in [2.75, 3.05) is 18.5 Å². The molecule has 2 aliphatic rings. The van der Waals surface area contributed by atoms with Crippen LogP contribution in [0.4, 0.5) is 14.5 Å². The number of halogens is 2. The first-order valence-corrected chi connectivity index (χ1v) is 10.7. The normalized spacial score (nSPS) is 18.6. The molecule has 0 spiro atoms. The Hall–Kier alpha value is -3.62. The summed E-state index contributed by atoms with van der Waals surface area (Å²) < 4.78 is 39.1. The van der Waals surface area contributed by atoms with Gasteiger partial charge in [-0.25, -0.2) is 4.68 Å². The topological polar surface area (TPSA) is 85.6 Å². The molecule has 2 atom stereocenters. The largest absolute Gasteiger partial charge is 0.493 e. The lowest BCUT2D eigenvalue weighted by Crippen LogP contribution is -2.11. The van der Waals surface area contributed by atoms with Crippen LogP contribution in [0, 0.1) is 13.8 Å². The summed E-state index contributed by atoms with van der Waals surface area (Å²) in [4.78, 5) is 11.1. The van der Waals surface area contributed by atoms with Gasteiger partial charge in [0.1, 0.15) is 18.1 Å². The molecule has 9 heteroatoms. The predicted molar refractivity (Wildman–Crippen MR) is 117 cm³/mol. The summed E-state index contributed by atoms with van der Waals surface area (Å²) >= 11 is 0. The molecule has 33 heavy (non-hydrogen) atoms. The van der Waals surface area contributed by atoms with Gasteiger partial charge in [-0.15, -0.1) is 0 Å². The number of hydrogen-bond donors (Lipinski definition) is 2. The molecule has 1 unspecified atom stereocenters. The highest BCUT2D eigenvalue weighted by molar-refractivity contribution is 5.77. The molecule has 2 aromatic carbocycles. The van der Waals surface area contributed by atoms with E-state index in [9.17, 15) is 13.6 Å². The van der Waals surface area contributed by atoms with E-state index < -0.39 is 12.5 Å². The first-order valence-electron chi connectivity index (χ1n) is 10.7. The van der Waals surface area contributed by atoms with E-state index in [1.54, 1.807) is 13.8 Å². The van der Waals surface area contributed by atoms with Crippen molar-refractivity contribution in [3.63, 3.8) is 0 Å². The maximum Gasteiger partial charge on any atom is 0.333 e. The lowest BCUT2D eigenvalue weighted by molar-refractivity contribution is -0.137. The number of aryl methyl sites for hydroxylation is 1. The molecule has 0 saturated heterocycles. The number of carboxylic acids is 1. The molecular formula is C24H23F2N3O4. The van der Waals surface area contributed by atoms with Crippen LogP contribution < -0.4 is 14.8 Å². The van der Waals surface area contributed by atoms with Crippen LogP contribution in [0.2, 0.25) is 0 Å². The number of nitrogens with one attached hydrogen (secondary N) is 1. The van der Waals surface area contributed by atoms with E-state index in [-0.39, 0.29) is 18.4 Å². The number of rotatable bonds is 6. The van der Waals surface area contributed by atoms with E-state index in [4.69, 9.17) is 14.6 Å². The summed E-state index contributed by atoms with van der Waals surface area (Å²) in [6.07, 6.45) is 0.0351. The minimum atomic E-state index is -2.71. The van der Waals surface area contributed by atoms with Crippen LogP contribution in [0.25, 0.3) is 11.1 Å². The van der Waals surface area contributed by atoms with Gasteiger partial charge in [-0.2, -0.15) is 13.9 Å². The van der Waals surface area contributed by atoms with Gasteiger partial charge >= 0.3 is 12.5 Å². The Labute approximate surface area is 188 Å². The Kier molecular flexibility index (Phi) is 5.19. The highest BCUT2D eigenvalue weighted by Crippen LogP contribution is 2.45. The maximum absolute atomic E-state index is 13.3. The lowest BCUT2D eigenvalue weighted by Gasteiger charge is -2.15. The summed E-state index contributed by atoms with van der Waals surface area (Å²) in [7, 11) is 0. The fourth-order valence-corrected chi connectivity index (χ4v) is 4.75. The third kappa shape index (κ3) is 3.67. The minimum absolute atomic E-state index is 0.0351. The molecule has 2 N–H and O–H groups in total. The molecule has 3 aromatic rings. The third-order valence-corrected chi connectivity index (χ3v) is 6.25. The van der Waals surface area contributed by atoms with Crippen molar-refractivity contribution >= 4 is 11.7 Å². The summed E-state index contributed by atoms with van der Waals surface area (Å²) in [6, 6.07) is 11.2. The number of para-hydroxylation sites is 1. The fraction of sp³-hybridized carbons (Fsp3) is 0.333. The number of carbonyl (C=O) groups is 1. The van der Waals surface area contributed by atoms with E-state index >= 15 is 0 Å². The molecule has 172 valence electrons. The third-order valence-electron chi connectivity index (χ3n) is 6.25. The van der Waals surface area contributed by atoms with Crippen LogP contribution in [0.3, 0.4) is 0 Å². The Morgan fingerprint density at radius 2 is 2.03 bits per heavy atom. The zero-order valence-corrected chi connectivity index (χ0v) is 18.1. The van der Waals surface area contributed by atoms with Crippen molar-refractivity contribution in [3.05, 3.63) is 58.9 Å². The number of aliphatic carboxylic acids is 1. The summed E-state index contributed by atoms with van der Waals surface area (Å²) in [5.41, 5.74) is 4.97. The first kappa shape index (κ1) is 21.2. The first-order chi connectivity index (χ1) is 15.8. The quantitative estimate of drug-likeness (QED) is 0.541. The summed E-state index contributed by atoms with van der Waals surface area (Å²) in [5.74, 6) is 0.350. The van der Waals surface area contributed by atoms with E-state index in [0.717, 1.165) is 27.1 Å². The number of ether oxygens (including phenoxy) is 2. The highest BCUT2D eigenvalue weighted by atomic mass is 19.3. The van der Waals surface area contributed by atoms with Crippen molar-refractivity contribution in [1.29, 1.82) is 0 Å². The average Bonchev–Trinajstić information content (AvgIpc) is 3.44. The van der Waals surface area contributed by atoms with Crippen molar-refractivity contribution in [2.45, 2.75) is 38.8 Å². The van der Waals surface area contributed by atoms with E-state index in [1.165, 1.54) is 0 Å². The molecule has 0 saturated carbocycles. The Balaban J connectivity index is 1.42. The van der Waals surface area contributed by atoms with Gasteiger partial charge in [-0.05, 0) is 19.9 Å². The Morgan fingerprint density at radius 1 is 1.21 bits per heavy atom. The highest BCUT2D eigenvalue weighted by Gasteiger charge is 2.31. The van der Waals surface area contributed by atoms with Crippen LogP contribution in [-0.2, 0) is 4.79 Å². The second-order valence-electron chi connectivity index (χ2n) is 8.36. The zero-order valence-electron chi connectivity index (χ0n) is 18.1. The standard InChI is InChI=1S/C24H23F2N3O4/c1-12-22(13(2)29(28-12)24(25)26)18-5-3-4-17-19(11-33-23(17)18)27-15-6-7-16-14(8-21(30)31)10-32-20(16)9-15/h3-7,9,14,19,24,27H,8,10-11H2,1-2H3,(H,30,31)/t14-,19?/m1/s1. The second-order valence-corrected chi connectivity index (χ2v) is 8.36. The number of nitrogens with zero attached hydrogens (tertiary/aromatic N) is 2. The monoisotopic (exact) mass is 455 g/mol. The molecule has 5 rings (SSSR count). The van der Waals surface area contributed by atoms with Crippen molar-refractivity contribution in [1.82, 2.24) is 9.78 Å². The van der Waals surface area contributed by atoms with Crippen molar-refractivity contribution in [3.8, 4) is 22.6 Å². The number of anilines is 1. The average molecular weight is 455 g/mol. The number of benzene rings is 2. The molecule has 2 aliphatic heterocycles. The van der Waals surface area contributed by atoms with Gasteiger partial charge in [0.05, 0.1) is 24.8 Å². The van der Waals surface area contributed by atoms with Gasteiger partial charge in [0.2, 0.25) is 0 Å². The number of aromatic nitrogens is 2. The summed E-state index contributed by atoms with van der Waals surface area (Å²) in [5, 5.41) is 16.5. The van der Waals surface area contributed by atoms with Crippen LogP contribution in [0.15, 0.2) is 36.4 Å². The molecule has 0 aliphatic carbocycles. The van der Waals surface area contributed by atoms with Gasteiger partial charge in [0.15, 0.2) is 0 Å². The molecule has 0 radical (unpaired) electrons. The second kappa shape index (κ2) is 8.06. The van der Waals surface area contributed by atoms with Crippen molar-refractivity contribution < 1.29 is 28.2 Å². The number of alkyl halides is 2. The smallest absolute Gasteiger partial charge is 0.333 e. The van der Waals surface area contributed by atoms with Crippen LogP contribution in [-0.4, -0.2) is 34.1 Å². The summed E-state index contributed by atoms with van der Waals surface area (Å²) in [6.45, 7) is 1.38. The molecule has 7 nitrogen and oxygen atoms in total. The molecular weight excluding hydrogens is 432 g/mol. The fourth-order valence-electron chi connectivity index (χ4n) is 4.75. The lowest BCUT2D eigenvalue weighted by atomic mass is 9.97. The number of carboxylic acid groups (broad SMARTS) is 1. The number of fused-ring (bicyclic) bond motifs is 2. The number of hydrogen-bond acceptors (Lipinski definition) is 5. The molecule has 0 amide bonds. The SMILES string of the molecule is Cc1nn(C(F)F)c(C)c1-c1cccc2c1OCC2Nc1ccc2c(c1)OC[C@H]2CC(=O)O. The van der Waals surface area contributed by atoms with E-state index in [2.05, 4.69) is 10.4 Å². The molecule has 1 aromatic heterocycles. The molecule has 0 bridgehead atoms. The van der Waals surface area contributed by atoms with Crippen LogP contribution in [0.5, 0.6) is 11.5 Å². The minimum Gasteiger partial charge on any atom is -0.493 e. The van der Waals surface area contributed by atoms with E-state index in [1.807, 2.05) is 36.4 Å². The van der Waals surface area contributed by atoms with Crippen LogP contribution >= 0.6 is 0 Å². The van der Waals surface area contributed by atoms with Gasteiger partial charge < -0.3 is 19.9 Å². The Bertz CT molecular complexity index is 1240. The van der Waals surface area contributed by atoms with Gasteiger partial charge in [0.25, 0.3) is 0 Å².